The van der Waals surface area contributed by atoms with Crippen LogP contribution in [-0.4, -0.2) is 28.8 Å². The molecule has 2 aliphatic carbocycles. The summed E-state index contributed by atoms with van der Waals surface area (Å²) in [6.45, 7) is 2.50. The molecule has 0 spiro atoms. The Morgan fingerprint density at radius 2 is 1.54 bits per heavy atom. The van der Waals surface area contributed by atoms with Crippen LogP contribution in [-0.2, 0) is 17.1 Å². The number of fused-ring (bicyclic) bond motifs is 1. The lowest BCUT2D eigenvalue weighted by Gasteiger charge is -2.34. The van der Waals surface area contributed by atoms with E-state index >= 15 is 17.6 Å². The van der Waals surface area contributed by atoms with Crippen molar-refractivity contribution in [1.29, 1.82) is 0 Å². The maximum atomic E-state index is 15.5. The third-order valence-electron chi connectivity index (χ3n) is 9.07. The van der Waals surface area contributed by atoms with E-state index in [0.29, 0.717) is 25.2 Å². The number of rotatable bonds is 17. The number of epoxide rings is 1. The van der Waals surface area contributed by atoms with Crippen LogP contribution in [0.15, 0.2) is 18.5 Å². The summed E-state index contributed by atoms with van der Waals surface area (Å²) in [5.74, 6) is -5.87. The van der Waals surface area contributed by atoms with Crippen LogP contribution in [0.1, 0.15) is 114 Å². The number of aromatic nitrogens is 2. The molecule has 1 saturated carbocycles. The van der Waals surface area contributed by atoms with E-state index in [1.807, 2.05) is 0 Å². The quantitative estimate of drug-likeness (QED) is 0.107. The van der Waals surface area contributed by atoms with E-state index in [-0.39, 0.29) is 42.0 Å². The Kier molecular flexibility index (Phi) is 10.2. The second-order valence-electron chi connectivity index (χ2n) is 12.3. The van der Waals surface area contributed by atoms with E-state index < -0.39 is 29.0 Å². The number of nitrogens with zero attached hydrogens (tertiary/aromatic N) is 2. The molecule has 0 N–H and O–H groups in total. The minimum Gasteiger partial charge on any atom is -0.488 e. The fraction of sp³-hybridized carbons (Fsp3) is 0.697. The molecular formula is C33H44F4N2O2. The minimum absolute atomic E-state index is 0.0465. The fourth-order valence-corrected chi connectivity index (χ4v) is 6.25. The number of hydrogen-bond donors (Lipinski definition) is 0. The molecule has 2 heterocycles. The molecule has 0 amide bonds. The molecule has 0 radical (unpaired) electrons. The smallest absolute Gasteiger partial charge is 0.279 e. The van der Waals surface area contributed by atoms with Crippen LogP contribution in [0, 0.1) is 23.5 Å². The van der Waals surface area contributed by atoms with Gasteiger partial charge in [0.2, 0.25) is 0 Å². The molecule has 226 valence electrons. The van der Waals surface area contributed by atoms with Crippen molar-refractivity contribution in [3.63, 3.8) is 0 Å². The summed E-state index contributed by atoms with van der Waals surface area (Å²) in [7, 11) is 0. The summed E-state index contributed by atoms with van der Waals surface area (Å²) in [5, 5.41) is 0. The molecule has 4 nitrogen and oxygen atoms in total. The summed E-state index contributed by atoms with van der Waals surface area (Å²) >= 11 is 0. The Hall–Kier alpha value is -2.22. The molecule has 3 aliphatic rings. The van der Waals surface area contributed by atoms with Gasteiger partial charge in [-0.2, -0.15) is 0 Å². The Morgan fingerprint density at radius 1 is 0.854 bits per heavy atom. The zero-order chi connectivity index (χ0) is 28.8. The van der Waals surface area contributed by atoms with Crippen LogP contribution >= 0.6 is 0 Å². The molecule has 3 unspecified atom stereocenters. The van der Waals surface area contributed by atoms with Gasteiger partial charge in [0.25, 0.3) is 5.92 Å². The monoisotopic (exact) mass is 576 g/mol. The Labute approximate surface area is 241 Å². The summed E-state index contributed by atoms with van der Waals surface area (Å²) < 4.78 is 72.5. The van der Waals surface area contributed by atoms with E-state index in [4.69, 9.17) is 9.47 Å². The number of aryl methyl sites for hydroxylation is 1. The Bertz CT molecular complexity index is 1140. The summed E-state index contributed by atoms with van der Waals surface area (Å²) in [6.07, 6.45) is 18.9. The molecule has 2 fully saturated rings. The molecular weight excluding hydrogens is 532 g/mol. The van der Waals surface area contributed by atoms with Crippen molar-refractivity contribution in [2.45, 2.75) is 128 Å². The average Bonchev–Trinajstić information content (AvgIpc) is 3.90. The number of halogens is 4. The van der Waals surface area contributed by atoms with Crippen LogP contribution in [0.3, 0.4) is 0 Å². The fourth-order valence-electron chi connectivity index (χ4n) is 6.25. The standard InChI is InChI=1S/C33H44F4N2O2/c1-2-3-13-27-28(41-27)21-40-25-19-38-32(39-20-25)26-18-23-16-17-24(33(36,37)29(23)31(35)30(26)34)12-10-8-6-4-5-7-9-11-22-14-15-22/h18-20,22,24,27-28H,2-17,21H2,1H3. The van der Waals surface area contributed by atoms with Gasteiger partial charge >= 0.3 is 0 Å². The highest BCUT2D eigenvalue weighted by Crippen LogP contribution is 2.49. The third-order valence-corrected chi connectivity index (χ3v) is 9.07. The normalized spacial score (nSPS) is 22.9. The molecule has 3 atom stereocenters. The first-order chi connectivity index (χ1) is 19.9. The van der Waals surface area contributed by atoms with E-state index in [0.717, 1.165) is 44.4 Å². The van der Waals surface area contributed by atoms with Gasteiger partial charge in [-0.25, -0.2) is 27.5 Å². The topological polar surface area (TPSA) is 47.5 Å². The number of benzene rings is 1. The first-order valence-corrected chi connectivity index (χ1v) is 15.9. The van der Waals surface area contributed by atoms with Gasteiger partial charge < -0.3 is 9.47 Å². The van der Waals surface area contributed by atoms with Crippen molar-refractivity contribution in [1.82, 2.24) is 9.97 Å². The molecule has 1 aromatic carbocycles. The molecule has 0 bridgehead atoms. The lowest BCUT2D eigenvalue weighted by molar-refractivity contribution is -0.0823. The number of alkyl halides is 2. The van der Waals surface area contributed by atoms with Gasteiger partial charge in [-0.05, 0) is 43.2 Å². The summed E-state index contributed by atoms with van der Waals surface area (Å²) in [4.78, 5) is 8.28. The number of unbranched alkanes of at least 4 members (excludes halogenated alkanes) is 7. The summed E-state index contributed by atoms with van der Waals surface area (Å²) in [5.41, 5.74) is -0.851. The second kappa shape index (κ2) is 13.8. The highest BCUT2D eigenvalue weighted by Gasteiger charge is 2.48. The van der Waals surface area contributed by atoms with Crippen LogP contribution in [0.4, 0.5) is 17.6 Å². The first kappa shape index (κ1) is 30.2. The lowest BCUT2D eigenvalue weighted by atomic mass is 9.77. The molecule has 8 heteroatoms. The van der Waals surface area contributed by atoms with Crippen molar-refractivity contribution < 1.29 is 27.0 Å². The number of hydrogen-bond acceptors (Lipinski definition) is 4. The Balaban J connectivity index is 1.12. The first-order valence-electron chi connectivity index (χ1n) is 15.9. The van der Waals surface area contributed by atoms with E-state index in [1.54, 1.807) is 0 Å². The zero-order valence-electron chi connectivity index (χ0n) is 24.3. The van der Waals surface area contributed by atoms with Crippen LogP contribution in [0.25, 0.3) is 11.4 Å². The highest BCUT2D eigenvalue weighted by atomic mass is 19.3. The van der Waals surface area contributed by atoms with Gasteiger partial charge in [0.05, 0.1) is 29.6 Å². The molecule has 1 aromatic heterocycles. The maximum absolute atomic E-state index is 15.5. The molecule has 1 aliphatic heterocycles. The van der Waals surface area contributed by atoms with Crippen molar-refractivity contribution in [3.05, 3.63) is 41.2 Å². The van der Waals surface area contributed by atoms with Gasteiger partial charge in [0.1, 0.15) is 12.7 Å². The zero-order valence-corrected chi connectivity index (χ0v) is 24.3. The molecule has 1 saturated heterocycles. The second-order valence-corrected chi connectivity index (χ2v) is 12.3. The molecule has 2 aromatic rings. The van der Waals surface area contributed by atoms with Gasteiger partial charge in [-0.15, -0.1) is 0 Å². The SMILES string of the molecule is CCCCC1OC1COc1cnc(-c2cc3c(c(F)c2F)C(F)(F)C(CCCCCCCCCC2CC2)CC3)nc1. The van der Waals surface area contributed by atoms with Gasteiger partial charge in [-0.1, -0.05) is 84.0 Å². The Morgan fingerprint density at radius 3 is 2.22 bits per heavy atom. The summed E-state index contributed by atoms with van der Waals surface area (Å²) in [6, 6.07) is 1.30. The highest BCUT2D eigenvalue weighted by molar-refractivity contribution is 5.60. The predicted molar refractivity (Wildman–Crippen MR) is 151 cm³/mol. The van der Waals surface area contributed by atoms with Crippen molar-refractivity contribution >= 4 is 0 Å². The lowest BCUT2D eigenvalue weighted by Crippen LogP contribution is -2.33. The largest absolute Gasteiger partial charge is 0.488 e. The van der Waals surface area contributed by atoms with E-state index in [9.17, 15) is 0 Å². The number of ether oxygens (including phenoxy) is 2. The van der Waals surface area contributed by atoms with E-state index in [1.165, 1.54) is 57.0 Å². The average molecular weight is 577 g/mol. The minimum atomic E-state index is -3.40. The van der Waals surface area contributed by atoms with Crippen molar-refractivity contribution in [2.75, 3.05) is 6.61 Å². The predicted octanol–water partition coefficient (Wildman–Crippen LogP) is 9.33. The van der Waals surface area contributed by atoms with Crippen molar-refractivity contribution in [3.8, 4) is 17.1 Å². The van der Waals surface area contributed by atoms with Gasteiger partial charge in [-0.3, -0.25) is 0 Å². The van der Waals surface area contributed by atoms with Crippen LogP contribution < -0.4 is 4.74 Å². The maximum Gasteiger partial charge on any atom is 0.279 e. The van der Waals surface area contributed by atoms with Crippen molar-refractivity contribution in [2.24, 2.45) is 11.8 Å². The molecule has 41 heavy (non-hydrogen) atoms. The van der Waals surface area contributed by atoms with Crippen LogP contribution in [0.5, 0.6) is 5.75 Å². The van der Waals surface area contributed by atoms with Crippen LogP contribution in [0.2, 0.25) is 0 Å². The third kappa shape index (κ3) is 7.79. The molecule has 5 rings (SSSR count). The van der Waals surface area contributed by atoms with Gasteiger partial charge in [0.15, 0.2) is 23.2 Å². The van der Waals surface area contributed by atoms with Gasteiger partial charge in [0, 0.05) is 5.92 Å². The van der Waals surface area contributed by atoms with E-state index in [2.05, 4.69) is 16.9 Å².